The molecule has 0 atom stereocenters. The van der Waals surface area contributed by atoms with Crippen LogP contribution < -0.4 is 10.3 Å². The van der Waals surface area contributed by atoms with E-state index in [4.69, 9.17) is 11.6 Å². The fraction of sp³-hybridized carbons (Fsp3) is 0.125. The molecule has 0 saturated heterocycles. The number of halogens is 2. The van der Waals surface area contributed by atoms with Gasteiger partial charge in [-0.3, -0.25) is 10.2 Å². The van der Waals surface area contributed by atoms with E-state index in [0.29, 0.717) is 4.47 Å². The number of rotatable bonds is 3. The Balaban J connectivity index is 3.03. The van der Waals surface area contributed by atoms with E-state index in [0.717, 1.165) is 0 Å². The second-order valence-corrected chi connectivity index (χ2v) is 5.84. The molecule has 1 amide bonds. The zero-order valence-electron chi connectivity index (χ0n) is 8.12. The Hall–Kier alpha value is -0.630. The van der Waals surface area contributed by atoms with Crippen molar-refractivity contribution in [3.63, 3.8) is 0 Å². The van der Waals surface area contributed by atoms with Gasteiger partial charge in [-0.1, -0.05) is 27.5 Å². The first-order valence-corrected chi connectivity index (χ1v) is 6.72. The van der Waals surface area contributed by atoms with Crippen LogP contribution in [0, 0.1) is 0 Å². The van der Waals surface area contributed by atoms with Gasteiger partial charge in [-0.2, -0.15) is 0 Å². The van der Waals surface area contributed by atoms with Crippen LogP contribution in [0.4, 0.5) is 0 Å². The van der Waals surface area contributed by atoms with Gasteiger partial charge in [0.1, 0.15) is 4.90 Å². The average Bonchev–Trinajstić information content (AvgIpc) is 2.14. The lowest BCUT2D eigenvalue weighted by Gasteiger charge is -2.08. The number of benzene rings is 1. The molecule has 0 unspecified atom stereocenters. The summed E-state index contributed by atoms with van der Waals surface area (Å²) in [4.78, 5) is 12.4. The van der Waals surface area contributed by atoms with Crippen molar-refractivity contribution in [2.45, 2.75) is 11.8 Å². The number of hydrogen-bond donors (Lipinski definition) is 2. The van der Waals surface area contributed by atoms with Gasteiger partial charge in [-0.05, 0) is 18.2 Å². The molecule has 0 bridgehead atoms. The lowest BCUT2D eigenvalue weighted by Crippen LogP contribution is -2.40. The summed E-state index contributed by atoms with van der Waals surface area (Å²) in [7, 11) is -3.84. The molecular weight excluding hydrogens is 320 g/mol. The molecule has 0 aliphatic rings. The zero-order chi connectivity index (χ0) is 12.3. The molecule has 2 N–H and O–H groups in total. The third-order valence-corrected chi connectivity index (χ3v) is 3.77. The number of hydrogen-bond acceptors (Lipinski definition) is 3. The predicted molar refractivity (Wildman–Crippen MR) is 63.3 cm³/mol. The van der Waals surface area contributed by atoms with Crippen LogP contribution in [-0.4, -0.2) is 14.3 Å². The fourth-order valence-electron chi connectivity index (χ4n) is 0.887. The van der Waals surface area contributed by atoms with Gasteiger partial charge in [0, 0.05) is 11.4 Å². The second kappa shape index (κ2) is 5.13. The van der Waals surface area contributed by atoms with Crippen molar-refractivity contribution in [1.29, 1.82) is 0 Å². The predicted octanol–water partition coefficient (Wildman–Crippen LogP) is 1.43. The fourth-order valence-corrected chi connectivity index (χ4v) is 2.82. The van der Waals surface area contributed by atoms with Crippen LogP contribution in [0.3, 0.4) is 0 Å². The lowest BCUT2D eigenvalue weighted by molar-refractivity contribution is -0.119. The highest BCUT2D eigenvalue weighted by Gasteiger charge is 2.17. The van der Waals surface area contributed by atoms with Crippen LogP contribution in [0.1, 0.15) is 6.92 Å². The average molecular weight is 328 g/mol. The lowest BCUT2D eigenvalue weighted by atomic mass is 10.4. The Labute approximate surface area is 106 Å². The number of sulfonamides is 1. The molecule has 0 fully saturated rings. The van der Waals surface area contributed by atoms with Gasteiger partial charge in [0.15, 0.2) is 0 Å². The Kier molecular flexibility index (Phi) is 4.31. The molecule has 5 nitrogen and oxygen atoms in total. The van der Waals surface area contributed by atoms with E-state index in [1.807, 2.05) is 10.3 Å². The number of carbonyl (C=O) groups is 1. The van der Waals surface area contributed by atoms with Crippen molar-refractivity contribution in [3.05, 3.63) is 27.7 Å². The zero-order valence-corrected chi connectivity index (χ0v) is 11.3. The van der Waals surface area contributed by atoms with E-state index in [9.17, 15) is 13.2 Å². The van der Waals surface area contributed by atoms with Gasteiger partial charge in [0.25, 0.3) is 10.0 Å². The molecule has 0 aliphatic carbocycles. The molecule has 0 aliphatic heterocycles. The van der Waals surface area contributed by atoms with Crippen LogP contribution in [0.25, 0.3) is 0 Å². The van der Waals surface area contributed by atoms with E-state index >= 15 is 0 Å². The van der Waals surface area contributed by atoms with Crippen molar-refractivity contribution in [2.75, 3.05) is 0 Å². The van der Waals surface area contributed by atoms with Crippen LogP contribution in [0.2, 0.25) is 5.02 Å². The molecule has 0 heterocycles. The van der Waals surface area contributed by atoms with Gasteiger partial charge in [0.2, 0.25) is 5.91 Å². The SMILES string of the molecule is CC(=O)NNS(=O)(=O)c1ccc(Br)cc1Cl. The van der Waals surface area contributed by atoms with E-state index in [1.165, 1.54) is 25.1 Å². The molecule has 16 heavy (non-hydrogen) atoms. The van der Waals surface area contributed by atoms with Gasteiger partial charge in [-0.15, -0.1) is 4.83 Å². The smallest absolute Gasteiger partial charge is 0.258 e. The Morgan fingerprint density at radius 2 is 2.06 bits per heavy atom. The molecular formula is C8H8BrClN2O3S. The third kappa shape index (κ3) is 3.44. The maximum atomic E-state index is 11.6. The Bertz CT molecular complexity index is 518. The Morgan fingerprint density at radius 3 is 2.56 bits per heavy atom. The topological polar surface area (TPSA) is 75.3 Å². The molecule has 0 saturated carbocycles. The normalized spacial score (nSPS) is 11.2. The van der Waals surface area contributed by atoms with Crippen molar-refractivity contribution >= 4 is 43.5 Å². The molecule has 1 rings (SSSR count). The summed E-state index contributed by atoms with van der Waals surface area (Å²) in [6, 6.07) is 4.31. The van der Waals surface area contributed by atoms with E-state index in [2.05, 4.69) is 15.9 Å². The maximum Gasteiger partial charge on any atom is 0.258 e. The highest BCUT2D eigenvalue weighted by atomic mass is 79.9. The van der Waals surface area contributed by atoms with Gasteiger partial charge >= 0.3 is 0 Å². The Morgan fingerprint density at radius 1 is 1.44 bits per heavy atom. The molecule has 0 radical (unpaired) electrons. The second-order valence-electron chi connectivity index (χ2n) is 2.86. The van der Waals surface area contributed by atoms with E-state index in [1.54, 1.807) is 0 Å². The summed E-state index contributed by atoms with van der Waals surface area (Å²) in [5, 5.41) is 0.0622. The van der Waals surface area contributed by atoms with Crippen LogP contribution in [0.15, 0.2) is 27.6 Å². The minimum atomic E-state index is -3.84. The van der Waals surface area contributed by atoms with Crippen LogP contribution >= 0.6 is 27.5 Å². The monoisotopic (exact) mass is 326 g/mol. The van der Waals surface area contributed by atoms with Gasteiger partial charge in [0.05, 0.1) is 5.02 Å². The number of carbonyl (C=O) groups excluding carboxylic acids is 1. The summed E-state index contributed by atoms with van der Waals surface area (Å²) < 4.78 is 23.9. The maximum absolute atomic E-state index is 11.6. The molecule has 88 valence electrons. The summed E-state index contributed by atoms with van der Waals surface area (Å²) in [6.45, 7) is 1.19. The summed E-state index contributed by atoms with van der Waals surface area (Å²) in [5.74, 6) is -0.517. The van der Waals surface area contributed by atoms with Crippen molar-refractivity contribution in [3.8, 4) is 0 Å². The number of nitrogens with one attached hydrogen (secondary N) is 2. The van der Waals surface area contributed by atoms with Crippen molar-refractivity contribution in [2.24, 2.45) is 0 Å². The summed E-state index contributed by atoms with van der Waals surface area (Å²) in [5.41, 5.74) is 1.98. The van der Waals surface area contributed by atoms with Crippen molar-refractivity contribution in [1.82, 2.24) is 10.3 Å². The third-order valence-electron chi connectivity index (χ3n) is 1.54. The highest BCUT2D eigenvalue weighted by molar-refractivity contribution is 9.10. The van der Waals surface area contributed by atoms with E-state index < -0.39 is 15.9 Å². The summed E-state index contributed by atoms with van der Waals surface area (Å²) in [6.07, 6.45) is 0. The number of hydrazine groups is 1. The summed E-state index contributed by atoms with van der Waals surface area (Å²) >= 11 is 8.92. The van der Waals surface area contributed by atoms with Crippen LogP contribution in [-0.2, 0) is 14.8 Å². The first-order valence-electron chi connectivity index (χ1n) is 4.06. The van der Waals surface area contributed by atoms with Gasteiger partial charge < -0.3 is 0 Å². The first-order chi connectivity index (χ1) is 7.33. The minimum absolute atomic E-state index is 0.0622. The van der Waals surface area contributed by atoms with E-state index in [-0.39, 0.29) is 9.92 Å². The highest BCUT2D eigenvalue weighted by Crippen LogP contribution is 2.24. The quantitative estimate of drug-likeness (QED) is 0.825. The molecule has 0 spiro atoms. The minimum Gasteiger partial charge on any atom is -0.278 e. The van der Waals surface area contributed by atoms with Gasteiger partial charge in [-0.25, -0.2) is 8.42 Å². The number of amides is 1. The standard InChI is InChI=1S/C8H8BrClN2O3S/c1-5(13)11-12-16(14,15)8-3-2-6(9)4-7(8)10/h2-4,12H,1H3,(H,11,13). The molecule has 1 aromatic carbocycles. The first kappa shape index (κ1) is 13.4. The van der Waals surface area contributed by atoms with Crippen molar-refractivity contribution < 1.29 is 13.2 Å². The molecule has 1 aromatic rings. The molecule has 0 aromatic heterocycles. The van der Waals surface area contributed by atoms with Crippen LogP contribution in [0.5, 0.6) is 0 Å². The molecule has 8 heteroatoms. The largest absolute Gasteiger partial charge is 0.278 e.